The molecule has 0 spiro atoms. The van der Waals surface area contributed by atoms with Crippen molar-refractivity contribution < 1.29 is 14.6 Å². The molecule has 3 rings (SSSR count). The van der Waals surface area contributed by atoms with Crippen molar-refractivity contribution in [3.63, 3.8) is 0 Å². The smallest absolute Gasteiger partial charge is 0.310 e. The van der Waals surface area contributed by atoms with E-state index in [4.69, 9.17) is 0 Å². The minimum Gasteiger partial charge on any atom is -0.310 e. The molecule has 2 aromatic heterocycles. The number of likely N-dealkylation sites (N-methyl/N-ethyl adjacent to an activating group) is 1. The maximum atomic E-state index is 12.0. The number of nitrogens with zero attached hydrogens (tertiary/aromatic N) is 2. The molecular formula is C16H17N2O2S+. The molecule has 108 valence electrons. The maximum Gasteiger partial charge on any atom is 0.351 e. The highest BCUT2D eigenvalue weighted by atomic mass is 32.1. The van der Waals surface area contributed by atoms with Gasteiger partial charge < -0.3 is 4.40 Å². The third kappa shape index (κ3) is 2.76. The monoisotopic (exact) mass is 301 g/mol. The highest BCUT2D eigenvalue weighted by Crippen LogP contribution is 2.27. The Hall–Kier alpha value is -1.95. The summed E-state index contributed by atoms with van der Waals surface area (Å²) in [5.41, 5.74) is 3.19. The second kappa shape index (κ2) is 5.11. The lowest BCUT2D eigenvalue weighted by atomic mass is 10.1. The third-order valence-corrected chi connectivity index (χ3v) is 4.41. The molecule has 2 heterocycles. The Bertz CT molecular complexity index is 782. The van der Waals surface area contributed by atoms with E-state index >= 15 is 0 Å². The first-order chi connectivity index (χ1) is 9.95. The molecule has 0 aliphatic carbocycles. The van der Waals surface area contributed by atoms with Gasteiger partial charge in [-0.25, -0.2) is 10.0 Å². The van der Waals surface area contributed by atoms with Crippen LogP contribution in [-0.2, 0) is 11.2 Å². The lowest BCUT2D eigenvalue weighted by Crippen LogP contribution is -2.43. The fraction of sp³-hybridized carbons (Fsp3) is 0.188. The molecule has 0 saturated carbocycles. The first kappa shape index (κ1) is 14.0. The Balaban J connectivity index is 1.96. The number of rotatable bonds is 3. The zero-order chi connectivity index (χ0) is 15.0. The van der Waals surface area contributed by atoms with Gasteiger partial charge in [0.15, 0.2) is 0 Å². The van der Waals surface area contributed by atoms with Crippen molar-refractivity contribution in [3.8, 4) is 11.1 Å². The van der Waals surface area contributed by atoms with Gasteiger partial charge in [0.25, 0.3) is 0 Å². The average molecular weight is 301 g/mol. The third-order valence-electron chi connectivity index (χ3n) is 3.46. The minimum absolute atomic E-state index is 0.215. The number of amides is 1. The number of benzene rings is 1. The number of thiazole rings is 1. The van der Waals surface area contributed by atoms with Crippen molar-refractivity contribution in [3.05, 3.63) is 53.7 Å². The molecule has 0 aliphatic heterocycles. The average Bonchev–Trinajstić information content (AvgIpc) is 3.01. The van der Waals surface area contributed by atoms with E-state index in [1.807, 2.05) is 34.2 Å². The number of hydrogen-bond acceptors (Lipinski definition) is 3. The number of fused-ring (bicyclic) bond motifs is 1. The molecule has 1 amide bonds. The molecule has 0 bridgehead atoms. The molecule has 0 unspecified atom stereocenters. The number of carbonyl (C=O) groups excluding carboxylic acids is 1. The molecule has 1 aromatic carbocycles. The van der Waals surface area contributed by atoms with Gasteiger partial charge in [-0.3, -0.25) is 0 Å². The lowest BCUT2D eigenvalue weighted by Gasteiger charge is -2.15. The Morgan fingerprint density at radius 2 is 1.95 bits per heavy atom. The molecule has 0 saturated heterocycles. The van der Waals surface area contributed by atoms with Crippen LogP contribution >= 0.6 is 11.3 Å². The predicted octanol–water partition coefficient (Wildman–Crippen LogP) is 3.20. The molecule has 1 N–H and O–H groups in total. The summed E-state index contributed by atoms with van der Waals surface area (Å²) >= 11 is 1.60. The van der Waals surface area contributed by atoms with Crippen LogP contribution in [0.15, 0.2) is 48.0 Å². The number of carbonyl (C=O) groups is 1. The zero-order valence-corrected chi connectivity index (χ0v) is 12.8. The molecule has 0 radical (unpaired) electrons. The Labute approximate surface area is 127 Å². The Kier molecular flexibility index (Phi) is 3.41. The largest absolute Gasteiger partial charge is 0.351 e. The van der Waals surface area contributed by atoms with Crippen molar-refractivity contribution in [2.24, 2.45) is 0 Å². The molecule has 4 nitrogen and oxygen atoms in total. The highest BCUT2D eigenvalue weighted by molar-refractivity contribution is 7.15. The molecule has 21 heavy (non-hydrogen) atoms. The first-order valence-electron chi connectivity index (χ1n) is 6.69. The molecule has 3 aromatic rings. The molecule has 0 fully saturated rings. The normalized spacial score (nSPS) is 12.0. The summed E-state index contributed by atoms with van der Waals surface area (Å²) < 4.78 is 1.38. The summed E-state index contributed by atoms with van der Waals surface area (Å²) in [5, 5.41) is 11.7. The zero-order valence-electron chi connectivity index (χ0n) is 12.0. The topological polar surface area (TPSA) is 41.7 Å². The lowest BCUT2D eigenvalue weighted by molar-refractivity contribution is -1.01. The fourth-order valence-corrected chi connectivity index (χ4v) is 3.14. The van der Waals surface area contributed by atoms with E-state index in [2.05, 4.69) is 18.2 Å². The van der Waals surface area contributed by atoms with Gasteiger partial charge in [-0.2, -0.15) is 0 Å². The predicted molar refractivity (Wildman–Crippen MR) is 83.3 cm³/mol. The molecule has 0 aliphatic rings. The summed E-state index contributed by atoms with van der Waals surface area (Å²) in [6.07, 6.45) is 2.26. The summed E-state index contributed by atoms with van der Waals surface area (Å²) in [5.74, 6) is -0.232. The Morgan fingerprint density at radius 3 is 2.62 bits per heavy atom. The van der Waals surface area contributed by atoms with Crippen LogP contribution in [0.2, 0.25) is 0 Å². The SMILES string of the molecule is C[N+](C)(O)C(=O)Cc1csc2cc(-c3ccccc3)cn12. The number of hydrogen-bond donors (Lipinski definition) is 1. The van der Waals surface area contributed by atoms with Gasteiger partial charge in [0, 0.05) is 22.8 Å². The van der Waals surface area contributed by atoms with Crippen molar-refractivity contribution >= 4 is 22.1 Å². The van der Waals surface area contributed by atoms with Crippen molar-refractivity contribution in [2.75, 3.05) is 14.1 Å². The standard InChI is InChI=1S/C16H17N2O2S/c1-18(2,20)16(19)9-14-11-21-15-8-13(10-17(14)15)12-6-4-3-5-7-12/h3-8,10-11,20H,9H2,1-2H3/q+1. The highest BCUT2D eigenvalue weighted by Gasteiger charge is 2.25. The first-order valence-corrected chi connectivity index (χ1v) is 7.57. The summed E-state index contributed by atoms with van der Waals surface area (Å²) in [6.45, 7) is 0. The molecule has 5 heteroatoms. The van der Waals surface area contributed by atoms with Crippen LogP contribution in [0.1, 0.15) is 5.69 Å². The number of aromatic nitrogens is 1. The maximum absolute atomic E-state index is 12.0. The van der Waals surface area contributed by atoms with Crippen LogP contribution in [0.4, 0.5) is 0 Å². The van der Waals surface area contributed by atoms with E-state index in [-0.39, 0.29) is 12.3 Å². The number of hydroxylamine groups is 3. The summed E-state index contributed by atoms with van der Waals surface area (Å²) in [6, 6.07) is 12.3. The van der Waals surface area contributed by atoms with Crippen LogP contribution < -0.4 is 0 Å². The van der Waals surface area contributed by atoms with Gasteiger partial charge in [-0.15, -0.1) is 16.0 Å². The van der Waals surface area contributed by atoms with E-state index < -0.39 is 4.65 Å². The van der Waals surface area contributed by atoms with Crippen molar-refractivity contribution in [1.29, 1.82) is 0 Å². The van der Waals surface area contributed by atoms with Crippen LogP contribution in [0.25, 0.3) is 16.0 Å². The van der Waals surface area contributed by atoms with E-state index in [1.165, 1.54) is 14.1 Å². The van der Waals surface area contributed by atoms with Crippen LogP contribution in [0, 0.1) is 0 Å². The van der Waals surface area contributed by atoms with Crippen molar-refractivity contribution in [1.82, 2.24) is 4.40 Å². The second-order valence-corrected chi connectivity index (χ2v) is 6.38. The quantitative estimate of drug-likeness (QED) is 0.458. The van der Waals surface area contributed by atoms with Crippen molar-refractivity contribution in [2.45, 2.75) is 6.42 Å². The van der Waals surface area contributed by atoms with Gasteiger partial charge in [0.2, 0.25) is 0 Å². The van der Waals surface area contributed by atoms with E-state index in [1.54, 1.807) is 11.3 Å². The number of quaternary nitrogens is 1. The van der Waals surface area contributed by atoms with Crippen LogP contribution in [0.3, 0.4) is 0 Å². The van der Waals surface area contributed by atoms with Gasteiger partial charge in [0.1, 0.15) is 20.5 Å². The second-order valence-electron chi connectivity index (χ2n) is 5.50. The van der Waals surface area contributed by atoms with E-state index in [0.29, 0.717) is 0 Å². The fourth-order valence-electron chi connectivity index (χ4n) is 2.21. The molecular weight excluding hydrogens is 284 g/mol. The minimum atomic E-state index is -0.649. The van der Waals surface area contributed by atoms with Gasteiger partial charge in [-0.05, 0) is 11.6 Å². The van der Waals surface area contributed by atoms with Crippen LogP contribution in [-0.4, -0.2) is 34.3 Å². The van der Waals surface area contributed by atoms with E-state index in [0.717, 1.165) is 21.7 Å². The van der Waals surface area contributed by atoms with Gasteiger partial charge in [-0.1, -0.05) is 30.3 Å². The van der Waals surface area contributed by atoms with Gasteiger partial charge in [0.05, 0.1) is 4.83 Å². The summed E-state index contributed by atoms with van der Waals surface area (Å²) in [4.78, 5) is 13.1. The summed E-state index contributed by atoms with van der Waals surface area (Å²) in [7, 11) is 2.94. The molecule has 0 atom stereocenters. The van der Waals surface area contributed by atoms with Gasteiger partial charge >= 0.3 is 5.91 Å². The van der Waals surface area contributed by atoms with E-state index in [9.17, 15) is 10.0 Å². The Morgan fingerprint density at radius 1 is 1.24 bits per heavy atom. The van der Waals surface area contributed by atoms with Crippen LogP contribution in [0.5, 0.6) is 0 Å².